The Morgan fingerprint density at radius 1 is 0.886 bits per heavy atom. The van der Waals surface area contributed by atoms with Crippen LogP contribution in [0.5, 0.6) is 0 Å². The molecule has 7 heteroatoms. The summed E-state index contributed by atoms with van der Waals surface area (Å²) in [7, 11) is 0. The van der Waals surface area contributed by atoms with E-state index in [2.05, 4.69) is 10.6 Å². The molecule has 0 fully saturated rings. The van der Waals surface area contributed by atoms with E-state index in [9.17, 15) is 14.4 Å². The van der Waals surface area contributed by atoms with Crippen molar-refractivity contribution in [3.63, 3.8) is 0 Å². The van der Waals surface area contributed by atoms with Gasteiger partial charge < -0.3 is 15.4 Å². The van der Waals surface area contributed by atoms with Crippen LogP contribution in [-0.2, 0) is 14.3 Å². The Labute approximate surface area is 210 Å². The number of amides is 2. The first-order chi connectivity index (χ1) is 16.8. The number of esters is 1. The van der Waals surface area contributed by atoms with Crippen molar-refractivity contribution in [3.8, 4) is 0 Å². The Bertz CT molecular complexity index is 1150. The van der Waals surface area contributed by atoms with E-state index in [4.69, 9.17) is 4.74 Å². The summed E-state index contributed by atoms with van der Waals surface area (Å²) in [6.07, 6.45) is -0.951. The molecule has 3 aromatic rings. The molecular formula is C28H30N2O4S. The van der Waals surface area contributed by atoms with Crippen LogP contribution in [0.3, 0.4) is 0 Å². The van der Waals surface area contributed by atoms with Crippen LogP contribution in [0.15, 0.2) is 83.8 Å². The van der Waals surface area contributed by atoms with Gasteiger partial charge in [0.1, 0.15) is 0 Å². The van der Waals surface area contributed by atoms with Gasteiger partial charge in [0.05, 0.1) is 11.3 Å². The van der Waals surface area contributed by atoms with Gasteiger partial charge in [0.2, 0.25) is 5.91 Å². The van der Waals surface area contributed by atoms with Gasteiger partial charge in [0.25, 0.3) is 5.91 Å². The van der Waals surface area contributed by atoms with Crippen molar-refractivity contribution in [2.45, 2.75) is 37.7 Å². The highest BCUT2D eigenvalue weighted by atomic mass is 32.2. The SMILES string of the molecule is Cc1ccc(NC(=O)CSc2ccccc2C(=O)O[C@H](C)C(=O)NC[C@H](C)c2ccccc2)cc1. The first-order valence-corrected chi connectivity index (χ1v) is 12.4. The number of hydrogen-bond donors (Lipinski definition) is 2. The number of aryl methyl sites for hydroxylation is 1. The third-order valence-electron chi connectivity index (χ3n) is 5.41. The van der Waals surface area contributed by atoms with Gasteiger partial charge in [-0.1, -0.05) is 67.1 Å². The highest BCUT2D eigenvalue weighted by Gasteiger charge is 2.21. The van der Waals surface area contributed by atoms with Crippen LogP contribution in [0.1, 0.15) is 41.3 Å². The maximum atomic E-state index is 12.8. The third kappa shape index (κ3) is 8.00. The molecule has 0 aliphatic carbocycles. The predicted molar refractivity (Wildman–Crippen MR) is 140 cm³/mol. The topological polar surface area (TPSA) is 84.5 Å². The largest absolute Gasteiger partial charge is 0.449 e. The summed E-state index contributed by atoms with van der Waals surface area (Å²) in [5.74, 6) is -0.880. The minimum absolute atomic E-state index is 0.131. The van der Waals surface area contributed by atoms with Gasteiger partial charge in [-0.05, 0) is 49.6 Å². The van der Waals surface area contributed by atoms with E-state index in [1.807, 2.05) is 68.4 Å². The molecule has 0 unspecified atom stereocenters. The van der Waals surface area contributed by atoms with Crippen molar-refractivity contribution in [3.05, 3.63) is 95.6 Å². The Morgan fingerprint density at radius 3 is 2.26 bits per heavy atom. The molecule has 0 aliphatic rings. The Morgan fingerprint density at radius 2 is 1.54 bits per heavy atom. The fourth-order valence-corrected chi connectivity index (χ4v) is 4.15. The fourth-order valence-electron chi connectivity index (χ4n) is 3.31. The van der Waals surface area contributed by atoms with E-state index in [1.165, 1.54) is 11.8 Å². The summed E-state index contributed by atoms with van der Waals surface area (Å²) in [4.78, 5) is 38.2. The number of benzene rings is 3. The summed E-state index contributed by atoms with van der Waals surface area (Å²) in [5, 5.41) is 5.69. The van der Waals surface area contributed by atoms with Crippen LogP contribution < -0.4 is 10.6 Å². The van der Waals surface area contributed by atoms with Crippen LogP contribution in [0.25, 0.3) is 0 Å². The van der Waals surface area contributed by atoms with Crippen molar-refractivity contribution < 1.29 is 19.1 Å². The Kier molecular flexibility index (Phi) is 9.49. The van der Waals surface area contributed by atoms with E-state index >= 15 is 0 Å². The maximum absolute atomic E-state index is 12.8. The summed E-state index contributed by atoms with van der Waals surface area (Å²) in [6.45, 7) is 5.99. The molecule has 35 heavy (non-hydrogen) atoms. The van der Waals surface area contributed by atoms with Crippen molar-refractivity contribution in [2.75, 3.05) is 17.6 Å². The van der Waals surface area contributed by atoms with E-state index in [0.29, 0.717) is 17.0 Å². The lowest BCUT2D eigenvalue weighted by Crippen LogP contribution is -2.37. The molecule has 0 radical (unpaired) electrons. The number of hydrogen-bond acceptors (Lipinski definition) is 5. The van der Waals surface area contributed by atoms with E-state index in [1.54, 1.807) is 31.2 Å². The van der Waals surface area contributed by atoms with Crippen molar-refractivity contribution in [1.82, 2.24) is 5.32 Å². The molecule has 3 rings (SSSR count). The van der Waals surface area contributed by atoms with Crippen molar-refractivity contribution in [1.29, 1.82) is 0 Å². The quantitative estimate of drug-likeness (QED) is 0.302. The zero-order chi connectivity index (χ0) is 25.2. The molecular weight excluding hydrogens is 460 g/mol. The molecule has 0 spiro atoms. The molecule has 0 saturated carbocycles. The summed E-state index contributed by atoms with van der Waals surface area (Å²) in [6, 6.07) is 24.3. The standard InChI is InChI=1S/C28H30N2O4S/c1-19-13-15-23(16-14-19)30-26(31)18-35-25-12-8-7-11-24(25)28(33)34-21(3)27(32)29-17-20(2)22-9-5-4-6-10-22/h4-16,20-21H,17-18H2,1-3H3,(H,29,32)(H,30,31)/t20-,21+/m0/s1. The summed E-state index contributed by atoms with van der Waals surface area (Å²) < 4.78 is 5.43. The lowest BCUT2D eigenvalue weighted by Gasteiger charge is -2.17. The van der Waals surface area contributed by atoms with E-state index in [0.717, 1.165) is 16.8 Å². The predicted octanol–water partition coefficient (Wildman–Crippen LogP) is 5.19. The number of thioether (sulfide) groups is 1. The van der Waals surface area contributed by atoms with Gasteiger partial charge in [-0.3, -0.25) is 9.59 Å². The highest BCUT2D eigenvalue weighted by molar-refractivity contribution is 8.00. The molecule has 0 heterocycles. The van der Waals surface area contributed by atoms with Crippen LogP contribution in [0.4, 0.5) is 5.69 Å². The van der Waals surface area contributed by atoms with Gasteiger partial charge >= 0.3 is 5.97 Å². The Balaban J connectivity index is 1.52. The van der Waals surface area contributed by atoms with Crippen molar-refractivity contribution >= 4 is 35.2 Å². The molecule has 2 N–H and O–H groups in total. The van der Waals surface area contributed by atoms with Crippen LogP contribution in [0.2, 0.25) is 0 Å². The molecule has 2 atom stereocenters. The number of carbonyl (C=O) groups is 3. The zero-order valence-electron chi connectivity index (χ0n) is 20.1. The number of carbonyl (C=O) groups excluding carboxylic acids is 3. The molecule has 3 aromatic carbocycles. The minimum Gasteiger partial charge on any atom is -0.449 e. The number of nitrogens with one attached hydrogen (secondary N) is 2. The summed E-state index contributed by atoms with van der Waals surface area (Å²) in [5.41, 5.74) is 3.27. The number of ether oxygens (including phenoxy) is 1. The summed E-state index contributed by atoms with van der Waals surface area (Å²) >= 11 is 1.24. The normalized spacial score (nSPS) is 12.3. The average Bonchev–Trinajstić information content (AvgIpc) is 2.87. The van der Waals surface area contributed by atoms with Gasteiger partial charge in [0, 0.05) is 17.1 Å². The molecule has 182 valence electrons. The number of rotatable bonds is 10. The van der Waals surface area contributed by atoms with E-state index in [-0.39, 0.29) is 23.5 Å². The van der Waals surface area contributed by atoms with Crippen LogP contribution >= 0.6 is 11.8 Å². The second-order valence-electron chi connectivity index (χ2n) is 8.30. The van der Waals surface area contributed by atoms with Gasteiger partial charge in [-0.15, -0.1) is 11.8 Å². The Hall–Kier alpha value is -3.58. The van der Waals surface area contributed by atoms with E-state index < -0.39 is 12.1 Å². The molecule has 0 aromatic heterocycles. The van der Waals surface area contributed by atoms with Gasteiger partial charge in [-0.25, -0.2) is 4.79 Å². The lowest BCUT2D eigenvalue weighted by atomic mass is 10.0. The lowest BCUT2D eigenvalue weighted by molar-refractivity contribution is -0.129. The second-order valence-corrected chi connectivity index (χ2v) is 9.32. The number of anilines is 1. The second kappa shape index (κ2) is 12.8. The molecule has 0 saturated heterocycles. The highest BCUT2D eigenvalue weighted by Crippen LogP contribution is 2.24. The maximum Gasteiger partial charge on any atom is 0.340 e. The first kappa shape index (κ1) is 26.0. The first-order valence-electron chi connectivity index (χ1n) is 11.5. The van der Waals surface area contributed by atoms with Crippen LogP contribution in [0, 0.1) is 6.92 Å². The molecule has 0 bridgehead atoms. The van der Waals surface area contributed by atoms with Gasteiger partial charge in [-0.2, -0.15) is 0 Å². The zero-order valence-corrected chi connectivity index (χ0v) is 20.9. The smallest absolute Gasteiger partial charge is 0.340 e. The average molecular weight is 491 g/mol. The van der Waals surface area contributed by atoms with Crippen molar-refractivity contribution in [2.24, 2.45) is 0 Å². The molecule has 6 nitrogen and oxygen atoms in total. The minimum atomic E-state index is -0.951. The van der Waals surface area contributed by atoms with Gasteiger partial charge in [0.15, 0.2) is 6.10 Å². The fraction of sp³-hybridized carbons (Fsp3) is 0.250. The third-order valence-corrected chi connectivity index (χ3v) is 6.48. The molecule has 0 aliphatic heterocycles. The monoisotopic (exact) mass is 490 g/mol. The van der Waals surface area contributed by atoms with Crippen LogP contribution in [-0.4, -0.2) is 36.2 Å². The molecule has 2 amide bonds.